The van der Waals surface area contributed by atoms with E-state index in [2.05, 4.69) is 20.3 Å². The quantitative estimate of drug-likeness (QED) is 0.568. The van der Waals surface area contributed by atoms with Crippen molar-refractivity contribution in [3.8, 4) is 0 Å². The molecular weight excluding hydrogens is 252 g/mol. The number of hydrogen-bond acceptors (Lipinski definition) is 3. The molecule has 108 valence electrons. The molecule has 1 fully saturated rings. The summed E-state index contributed by atoms with van der Waals surface area (Å²) in [6.45, 7) is 0.476. The normalized spacial score (nSPS) is 18.0. The summed E-state index contributed by atoms with van der Waals surface area (Å²) in [5, 5.41) is 2.83. The van der Waals surface area contributed by atoms with E-state index in [1.54, 1.807) is 12.4 Å². The average molecular weight is 274 g/mol. The number of guanidine groups is 2. The van der Waals surface area contributed by atoms with Crippen molar-refractivity contribution in [1.29, 1.82) is 0 Å². The molecule has 2 rings (SSSR count). The van der Waals surface area contributed by atoms with E-state index in [0.717, 1.165) is 18.4 Å². The molecule has 0 aliphatic heterocycles. The predicted molar refractivity (Wildman–Crippen MR) is 81.2 cm³/mol. The predicted octanol–water partition coefficient (Wildman–Crippen LogP) is 1.13. The molecule has 6 heteroatoms. The highest BCUT2D eigenvalue weighted by molar-refractivity contribution is 5.97. The highest BCUT2D eigenvalue weighted by Crippen LogP contribution is 2.19. The Labute approximate surface area is 119 Å². The Bertz CT molecular complexity index is 462. The van der Waals surface area contributed by atoms with Crippen LogP contribution in [0.1, 0.15) is 37.7 Å². The van der Waals surface area contributed by atoms with Crippen LogP contribution in [0.4, 0.5) is 0 Å². The molecule has 0 aromatic carbocycles. The van der Waals surface area contributed by atoms with E-state index in [0.29, 0.717) is 18.5 Å². The van der Waals surface area contributed by atoms with Crippen LogP contribution in [0.15, 0.2) is 34.5 Å². The number of rotatable bonds is 3. The zero-order chi connectivity index (χ0) is 14.2. The Balaban J connectivity index is 1.83. The van der Waals surface area contributed by atoms with Crippen molar-refractivity contribution >= 4 is 11.9 Å². The fourth-order valence-corrected chi connectivity index (χ4v) is 2.28. The molecule has 1 aliphatic rings. The lowest BCUT2D eigenvalue weighted by Gasteiger charge is -2.18. The van der Waals surface area contributed by atoms with Gasteiger partial charge in [0.2, 0.25) is 0 Å². The summed E-state index contributed by atoms with van der Waals surface area (Å²) < 4.78 is 0. The summed E-state index contributed by atoms with van der Waals surface area (Å²) in [6, 6.07) is 4.14. The number of hydrogen-bond donors (Lipinski definition) is 3. The highest BCUT2D eigenvalue weighted by Gasteiger charge is 2.12. The fraction of sp³-hybridized carbons (Fsp3) is 0.500. The van der Waals surface area contributed by atoms with E-state index < -0.39 is 0 Å². The molecule has 1 aliphatic carbocycles. The number of pyridine rings is 1. The Morgan fingerprint density at radius 1 is 1.25 bits per heavy atom. The van der Waals surface area contributed by atoms with Crippen molar-refractivity contribution in [3.63, 3.8) is 0 Å². The van der Waals surface area contributed by atoms with Crippen LogP contribution in [0.2, 0.25) is 0 Å². The first-order valence-electron chi connectivity index (χ1n) is 7.03. The van der Waals surface area contributed by atoms with Gasteiger partial charge in [0.25, 0.3) is 0 Å². The van der Waals surface area contributed by atoms with Gasteiger partial charge in [-0.1, -0.05) is 25.3 Å². The minimum atomic E-state index is 0.283. The molecule has 20 heavy (non-hydrogen) atoms. The van der Waals surface area contributed by atoms with Crippen molar-refractivity contribution in [1.82, 2.24) is 10.3 Å². The minimum Gasteiger partial charge on any atom is -0.370 e. The van der Waals surface area contributed by atoms with Crippen LogP contribution in [-0.2, 0) is 6.54 Å². The van der Waals surface area contributed by atoms with Gasteiger partial charge in [0.1, 0.15) is 0 Å². The summed E-state index contributed by atoms with van der Waals surface area (Å²) in [5.74, 6) is 0.634. The molecule has 1 aromatic heterocycles. The van der Waals surface area contributed by atoms with E-state index in [1.165, 1.54) is 19.3 Å². The van der Waals surface area contributed by atoms with Crippen LogP contribution in [-0.4, -0.2) is 22.9 Å². The molecule has 0 unspecified atom stereocenters. The molecule has 0 saturated heterocycles. The van der Waals surface area contributed by atoms with E-state index in [1.807, 2.05) is 12.1 Å². The lowest BCUT2D eigenvalue weighted by molar-refractivity contribution is 0.442. The smallest absolute Gasteiger partial charge is 0.195 e. The highest BCUT2D eigenvalue weighted by atomic mass is 15.2. The van der Waals surface area contributed by atoms with Gasteiger partial charge in [-0.05, 0) is 24.5 Å². The lowest BCUT2D eigenvalue weighted by atomic mass is 9.96. The largest absolute Gasteiger partial charge is 0.370 e. The zero-order valence-corrected chi connectivity index (χ0v) is 11.6. The van der Waals surface area contributed by atoms with Gasteiger partial charge >= 0.3 is 0 Å². The zero-order valence-electron chi connectivity index (χ0n) is 11.6. The Morgan fingerprint density at radius 2 is 2.05 bits per heavy atom. The van der Waals surface area contributed by atoms with E-state index >= 15 is 0 Å². The molecule has 5 N–H and O–H groups in total. The number of nitrogens with zero attached hydrogens (tertiary/aromatic N) is 3. The van der Waals surface area contributed by atoms with Crippen molar-refractivity contribution in [2.75, 3.05) is 0 Å². The third-order valence-electron chi connectivity index (χ3n) is 3.31. The first-order chi connectivity index (χ1) is 9.74. The molecule has 1 heterocycles. The van der Waals surface area contributed by atoms with Gasteiger partial charge < -0.3 is 11.5 Å². The fourth-order valence-electron chi connectivity index (χ4n) is 2.28. The third-order valence-corrected chi connectivity index (χ3v) is 3.31. The number of aliphatic imine (C=N–C) groups is 2. The van der Waals surface area contributed by atoms with Crippen molar-refractivity contribution in [2.45, 2.75) is 44.7 Å². The molecule has 0 radical (unpaired) electrons. The topological polar surface area (TPSA) is 102 Å². The lowest BCUT2D eigenvalue weighted by Crippen LogP contribution is -2.42. The molecule has 0 amide bonds. The SMILES string of the molecule is NC(=NCc1cccnc1)NC(N)=NC1CCCCC1. The third kappa shape index (κ3) is 4.87. The Morgan fingerprint density at radius 3 is 2.75 bits per heavy atom. The molecule has 0 atom stereocenters. The maximum absolute atomic E-state index is 5.84. The van der Waals surface area contributed by atoms with Gasteiger partial charge in [-0.3, -0.25) is 10.3 Å². The summed E-state index contributed by atoms with van der Waals surface area (Å²) in [4.78, 5) is 12.7. The minimum absolute atomic E-state index is 0.283. The molecular formula is C14H22N6. The van der Waals surface area contributed by atoms with Gasteiger partial charge in [-0.25, -0.2) is 9.98 Å². The van der Waals surface area contributed by atoms with Crippen LogP contribution in [0.25, 0.3) is 0 Å². The van der Waals surface area contributed by atoms with Gasteiger partial charge in [-0.15, -0.1) is 0 Å². The second-order valence-electron chi connectivity index (χ2n) is 4.99. The number of nitrogens with two attached hydrogens (primary N) is 2. The molecule has 0 bridgehead atoms. The number of aromatic nitrogens is 1. The summed E-state index contributed by atoms with van der Waals surface area (Å²) >= 11 is 0. The maximum Gasteiger partial charge on any atom is 0.195 e. The summed E-state index contributed by atoms with van der Waals surface area (Å²) in [5.41, 5.74) is 12.6. The number of nitrogens with one attached hydrogen (secondary N) is 1. The first-order valence-corrected chi connectivity index (χ1v) is 7.03. The Hall–Kier alpha value is -2.11. The molecule has 6 nitrogen and oxygen atoms in total. The monoisotopic (exact) mass is 274 g/mol. The van der Waals surface area contributed by atoms with Crippen LogP contribution < -0.4 is 16.8 Å². The van der Waals surface area contributed by atoms with E-state index in [9.17, 15) is 0 Å². The second kappa shape index (κ2) is 7.47. The van der Waals surface area contributed by atoms with Gasteiger partial charge in [0, 0.05) is 12.4 Å². The van der Waals surface area contributed by atoms with Crippen molar-refractivity contribution in [3.05, 3.63) is 30.1 Å². The Kier molecular flexibility index (Phi) is 5.34. The van der Waals surface area contributed by atoms with Gasteiger partial charge in [-0.2, -0.15) is 0 Å². The summed E-state index contributed by atoms with van der Waals surface area (Å²) in [7, 11) is 0. The summed E-state index contributed by atoms with van der Waals surface area (Å²) in [6.07, 6.45) is 9.45. The van der Waals surface area contributed by atoms with Crippen LogP contribution in [0.5, 0.6) is 0 Å². The molecule has 1 aromatic rings. The van der Waals surface area contributed by atoms with Crippen LogP contribution in [0.3, 0.4) is 0 Å². The van der Waals surface area contributed by atoms with Crippen molar-refractivity contribution < 1.29 is 0 Å². The standard InChI is InChI=1S/C14H22N6/c15-13(18-10-11-5-4-8-17-9-11)20-14(16)19-12-6-2-1-3-7-12/h4-5,8-9,12H,1-3,6-7,10H2,(H5,15,16,18,19,20). The van der Waals surface area contributed by atoms with Crippen molar-refractivity contribution in [2.24, 2.45) is 21.5 Å². The molecule has 0 spiro atoms. The van der Waals surface area contributed by atoms with Crippen LogP contribution >= 0.6 is 0 Å². The average Bonchev–Trinajstić information content (AvgIpc) is 2.47. The van der Waals surface area contributed by atoms with E-state index in [4.69, 9.17) is 11.5 Å². The first kappa shape index (κ1) is 14.3. The van der Waals surface area contributed by atoms with E-state index in [-0.39, 0.29) is 5.96 Å². The molecule has 1 saturated carbocycles. The maximum atomic E-state index is 5.84. The van der Waals surface area contributed by atoms with Crippen LogP contribution in [0, 0.1) is 0 Å². The van der Waals surface area contributed by atoms with Gasteiger partial charge in [0.15, 0.2) is 11.9 Å². The van der Waals surface area contributed by atoms with Gasteiger partial charge in [0.05, 0.1) is 12.6 Å². The second-order valence-corrected chi connectivity index (χ2v) is 4.99.